The second kappa shape index (κ2) is 7.19. The van der Waals surface area contributed by atoms with E-state index in [-0.39, 0.29) is 0 Å². The predicted octanol–water partition coefficient (Wildman–Crippen LogP) is 4.93. The summed E-state index contributed by atoms with van der Waals surface area (Å²) in [4.78, 5) is 11.2. The van der Waals surface area contributed by atoms with Crippen LogP contribution in [-0.2, 0) is 4.79 Å². The minimum atomic E-state index is 0.320. The Morgan fingerprint density at radius 3 is 2.64 bits per heavy atom. The first-order valence-corrected chi connectivity index (χ1v) is 9.78. The number of ketones is 1. The molecule has 2 aliphatic carbocycles. The van der Waals surface area contributed by atoms with Gasteiger partial charge in [0.05, 0.1) is 18.2 Å². The molecule has 0 radical (unpaired) electrons. The number of rotatable bonds is 7. The first-order valence-electron chi connectivity index (χ1n) is 9.78. The molecule has 1 heterocycles. The fourth-order valence-corrected chi connectivity index (χ4v) is 3.90. The van der Waals surface area contributed by atoms with Gasteiger partial charge in [0.15, 0.2) is 0 Å². The van der Waals surface area contributed by atoms with E-state index in [1.807, 2.05) is 0 Å². The van der Waals surface area contributed by atoms with Crippen molar-refractivity contribution in [2.75, 3.05) is 6.61 Å². The number of nitrogens with zero attached hydrogens (tertiary/aromatic N) is 2. The number of ether oxygens (including phenoxy) is 1. The summed E-state index contributed by atoms with van der Waals surface area (Å²) in [5, 5.41) is 6.01. The zero-order valence-electron chi connectivity index (χ0n) is 15.1. The van der Waals surface area contributed by atoms with Crippen LogP contribution in [0.15, 0.2) is 24.4 Å². The van der Waals surface area contributed by atoms with Crippen LogP contribution in [0.3, 0.4) is 0 Å². The first-order chi connectivity index (χ1) is 12.2. The lowest BCUT2D eigenvalue weighted by atomic mass is 9.83. The summed E-state index contributed by atoms with van der Waals surface area (Å²) in [5.41, 5.74) is 1.03. The zero-order valence-corrected chi connectivity index (χ0v) is 15.1. The van der Waals surface area contributed by atoms with Crippen molar-refractivity contribution in [2.24, 2.45) is 11.8 Å². The van der Waals surface area contributed by atoms with Crippen LogP contribution in [0.25, 0.3) is 10.9 Å². The highest BCUT2D eigenvalue weighted by Gasteiger charge is 2.24. The van der Waals surface area contributed by atoms with E-state index in [1.165, 1.54) is 43.9 Å². The zero-order chi connectivity index (χ0) is 17.2. The topological polar surface area (TPSA) is 44.1 Å². The Labute approximate surface area is 149 Å². The van der Waals surface area contributed by atoms with Crippen LogP contribution in [0.2, 0.25) is 0 Å². The normalized spacial score (nSPS) is 23.7. The van der Waals surface area contributed by atoms with E-state index in [0.717, 1.165) is 36.6 Å². The standard InChI is InChI=1S/C21H28N2O2/c1-15(24)2-3-16-6-9-19(10-7-16)23-13-18-8-11-20(12-21(18)22-23)25-14-17-4-5-17/h8,11-13,16-17,19H,2-7,9-10,14H2,1H3. The molecule has 0 aliphatic heterocycles. The van der Waals surface area contributed by atoms with Gasteiger partial charge in [-0.2, -0.15) is 5.10 Å². The summed E-state index contributed by atoms with van der Waals surface area (Å²) >= 11 is 0. The number of carbonyl (C=O) groups excluding carboxylic acids is 1. The summed E-state index contributed by atoms with van der Waals surface area (Å²) in [6, 6.07) is 6.76. The third kappa shape index (κ3) is 4.23. The van der Waals surface area contributed by atoms with E-state index >= 15 is 0 Å². The van der Waals surface area contributed by atoms with E-state index in [0.29, 0.717) is 17.7 Å². The van der Waals surface area contributed by atoms with Crippen molar-refractivity contribution in [2.45, 2.75) is 64.3 Å². The molecule has 0 saturated heterocycles. The number of Topliss-reactive ketones (excluding diaryl/α,β-unsaturated/α-hetero) is 1. The molecule has 4 nitrogen and oxygen atoms in total. The Balaban J connectivity index is 1.37. The van der Waals surface area contributed by atoms with Gasteiger partial charge in [-0.15, -0.1) is 0 Å². The Bertz CT molecular complexity index is 739. The summed E-state index contributed by atoms with van der Waals surface area (Å²) in [5.74, 6) is 2.75. The maximum atomic E-state index is 11.2. The second-order valence-corrected chi connectivity index (χ2v) is 8.00. The van der Waals surface area contributed by atoms with Gasteiger partial charge in [0.1, 0.15) is 11.5 Å². The molecule has 0 atom stereocenters. The highest BCUT2D eigenvalue weighted by Crippen LogP contribution is 2.35. The van der Waals surface area contributed by atoms with Crippen molar-refractivity contribution >= 4 is 16.7 Å². The fourth-order valence-electron chi connectivity index (χ4n) is 3.90. The van der Waals surface area contributed by atoms with Crippen LogP contribution < -0.4 is 4.74 Å². The molecular formula is C21H28N2O2. The number of carbonyl (C=O) groups is 1. The number of benzene rings is 1. The van der Waals surface area contributed by atoms with Gasteiger partial charge in [-0.25, -0.2) is 0 Å². The van der Waals surface area contributed by atoms with E-state index in [1.54, 1.807) is 6.92 Å². The molecule has 0 bridgehead atoms. The van der Waals surface area contributed by atoms with Crippen molar-refractivity contribution < 1.29 is 9.53 Å². The molecule has 0 spiro atoms. The molecule has 0 amide bonds. The largest absolute Gasteiger partial charge is 0.493 e. The molecule has 2 saturated carbocycles. The van der Waals surface area contributed by atoms with Gasteiger partial charge in [-0.1, -0.05) is 0 Å². The molecule has 4 rings (SSSR count). The van der Waals surface area contributed by atoms with Crippen LogP contribution in [0.5, 0.6) is 5.75 Å². The quantitative estimate of drug-likeness (QED) is 0.718. The van der Waals surface area contributed by atoms with Crippen molar-refractivity contribution in [3.05, 3.63) is 24.4 Å². The molecule has 2 aliphatic rings. The van der Waals surface area contributed by atoms with Gasteiger partial charge in [-0.3, -0.25) is 4.68 Å². The highest BCUT2D eigenvalue weighted by atomic mass is 16.5. The smallest absolute Gasteiger partial charge is 0.129 e. The average Bonchev–Trinajstić information content (AvgIpc) is 3.35. The molecule has 25 heavy (non-hydrogen) atoms. The van der Waals surface area contributed by atoms with Crippen LogP contribution in [0, 0.1) is 11.8 Å². The lowest BCUT2D eigenvalue weighted by molar-refractivity contribution is -0.117. The highest BCUT2D eigenvalue weighted by molar-refractivity contribution is 5.79. The molecule has 0 unspecified atom stereocenters. The van der Waals surface area contributed by atoms with Gasteiger partial charge in [0, 0.05) is 24.1 Å². The number of hydrogen-bond donors (Lipinski definition) is 0. The fraction of sp³-hybridized carbons (Fsp3) is 0.619. The van der Waals surface area contributed by atoms with Crippen LogP contribution in [-0.4, -0.2) is 22.2 Å². The Kier molecular flexibility index (Phi) is 4.78. The van der Waals surface area contributed by atoms with E-state index in [2.05, 4.69) is 29.1 Å². The summed E-state index contributed by atoms with van der Waals surface area (Å²) in [6.07, 6.45) is 11.4. The SMILES string of the molecule is CC(=O)CCC1CCC(n2cc3ccc(OCC4CC4)cc3n2)CC1. The molecule has 4 heteroatoms. The van der Waals surface area contributed by atoms with Crippen LogP contribution in [0.1, 0.15) is 64.3 Å². The third-order valence-corrected chi connectivity index (χ3v) is 5.77. The first kappa shape index (κ1) is 16.6. The molecule has 134 valence electrons. The van der Waals surface area contributed by atoms with E-state index < -0.39 is 0 Å². The van der Waals surface area contributed by atoms with E-state index in [9.17, 15) is 4.79 Å². The maximum absolute atomic E-state index is 11.2. The maximum Gasteiger partial charge on any atom is 0.129 e. The monoisotopic (exact) mass is 340 g/mol. The number of aromatic nitrogens is 2. The van der Waals surface area contributed by atoms with Crippen LogP contribution >= 0.6 is 0 Å². The predicted molar refractivity (Wildman–Crippen MR) is 98.9 cm³/mol. The average molecular weight is 340 g/mol. The van der Waals surface area contributed by atoms with Crippen LogP contribution in [0.4, 0.5) is 0 Å². The van der Waals surface area contributed by atoms with Gasteiger partial charge in [0.25, 0.3) is 0 Å². The molecule has 1 aromatic heterocycles. The second-order valence-electron chi connectivity index (χ2n) is 8.00. The van der Waals surface area contributed by atoms with Crippen molar-refractivity contribution in [1.82, 2.24) is 9.78 Å². The van der Waals surface area contributed by atoms with Gasteiger partial charge in [-0.05, 0) is 75.8 Å². The Morgan fingerprint density at radius 1 is 1.16 bits per heavy atom. The third-order valence-electron chi connectivity index (χ3n) is 5.77. The molecule has 1 aromatic carbocycles. The number of fused-ring (bicyclic) bond motifs is 1. The molecule has 0 N–H and O–H groups in total. The van der Waals surface area contributed by atoms with Crippen molar-refractivity contribution in [3.63, 3.8) is 0 Å². The van der Waals surface area contributed by atoms with Crippen molar-refractivity contribution in [1.29, 1.82) is 0 Å². The summed E-state index contributed by atoms with van der Waals surface area (Å²) < 4.78 is 8.04. The van der Waals surface area contributed by atoms with Gasteiger partial charge < -0.3 is 9.53 Å². The molecule has 2 aromatic rings. The van der Waals surface area contributed by atoms with Gasteiger partial charge >= 0.3 is 0 Å². The lowest BCUT2D eigenvalue weighted by Crippen LogP contribution is -2.19. The Hall–Kier alpha value is -1.84. The van der Waals surface area contributed by atoms with E-state index in [4.69, 9.17) is 9.84 Å². The molecular weight excluding hydrogens is 312 g/mol. The van der Waals surface area contributed by atoms with Crippen molar-refractivity contribution in [3.8, 4) is 5.75 Å². The minimum absolute atomic E-state index is 0.320. The lowest BCUT2D eigenvalue weighted by Gasteiger charge is -2.28. The Morgan fingerprint density at radius 2 is 1.92 bits per heavy atom. The number of hydrogen-bond acceptors (Lipinski definition) is 3. The van der Waals surface area contributed by atoms with Gasteiger partial charge in [0.2, 0.25) is 0 Å². The molecule has 2 fully saturated rings. The summed E-state index contributed by atoms with van der Waals surface area (Å²) in [6.45, 7) is 2.54. The summed E-state index contributed by atoms with van der Waals surface area (Å²) in [7, 11) is 0. The minimum Gasteiger partial charge on any atom is -0.493 e.